The fourth-order valence-corrected chi connectivity index (χ4v) is 4.00. The molecule has 5 nitrogen and oxygen atoms in total. The van der Waals surface area contributed by atoms with Gasteiger partial charge in [-0.2, -0.15) is 0 Å². The first-order chi connectivity index (χ1) is 15.8. The second-order valence-corrected chi connectivity index (χ2v) is 8.42. The number of methoxy groups -OCH3 is 1. The number of carbonyl (C=O) groups is 1. The zero-order chi connectivity index (χ0) is 24.0. The normalized spacial score (nSPS) is 11.2. The van der Waals surface area contributed by atoms with Gasteiger partial charge in [-0.05, 0) is 23.3 Å². The summed E-state index contributed by atoms with van der Waals surface area (Å²) in [4.78, 5) is 11.6. The Hall–Kier alpha value is -2.57. The molecule has 0 atom stereocenters. The van der Waals surface area contributed by atoms with Crippen molar-refractivity contribution < 1.29 is 24.1 Å². The first-order valence-electron chi connectivity index (χ1n) is 9.53. The minimum atomic E-state index is -1.11. The number of carboxylic acid groups (broad SMARTS) is 1. The van der Waals surface area contributed by atoms with Crippen molar-refractivity contribution in [2.24, 2.45) is 0 Å². The van der Waals surface area contributed by atoms with E-state index in [0.717, 1.165) is 5.56 Å². The van der Waals surface area contributed by atoms with Crippen LogP contribution < -0.4 is 9.47 Å². The van der Waals surface area contributed by atoms with E-state index in [1.165, 1.54) is 13.4 Å². The molecule has 0 amide bonds. The summed E-state index contributed by atoms with van der Waals surface area (Å²) >= 11 is 24.8. The van der Waals surface area contributed by atoms with Crippen molar-refractivity contribution in [3.63, 3.8) is 0 Å². The van der Waals surface area contributed by atoms with Gasteiger partial charge in [0.05, 0.1) is 23.4 Å². The summed E-state index contributed by atoms with van der Waals surface area (Å²) in [6, 6.07) is 15.2. The lowest BCUT2D eigenvalue weighted by molar-refractivity contribution is -0.130. The van der Waals surface area contributed by atoms with Crippen molar-refractivity contribution in [1.29, 1.82) is 0 Å². The van der Waals surface area contributed by atoms with Gasteiger partial charge in [-0.1, -0.05) is 76.7 Å². The fraction of sp³-hybridized carbons (Fsp3) is 0.125. The summed E-state index contributed by atoms with van der Waals surface area (Å²) in [7, 11) is 1.39. The Bertz CT molecular complexity index is 1170. The maximum Gasteiger partial charge on any atom is 0.339 e. The van der Waals surface area contributed by atoms with Crippen molar-refractivity contribution in [3.05, 3.63) is 97.6 Å². The Kier molecular flexibility index (Phi) is 8.75. The van der Waals surface area contributed by atoms with Gasteiger partial charge in [0.1, 0.15) is 24.5 Å². The lowest BCUT2D eigenvalue weighted by Crippen LogP contribution is -2.06. The Morgan fingerprint density at radius 3 is 2.18 bits per heavy atom. The molecular formula is C24H18Cl4O5. The van der Waals surface area contributed by atoms with Gasteiger partial charge in [0.2, 0.25) is 0 Å². The van der Waals surface area contributed by atoms with E-state index < -0.39 is 5.97 Å². The van der Waals surface area contributed by atoms with E-state index in [1.807, 2.05) is 0 Å². The number of hydrogen-bond donors (Lipinski definition) is 1. The monoisotopic (exact) mass is 526 g/mol. The highest BCUT2D eigenvalue weighted by Gasteiger charge is 2.16. The maximum absolute atomic E-state index is 11.6. The van der Waals surface area contributed by atoms with Gasteiger partial charge in [0.15, 0.2) is 5.75 Å². The van der Waals surface area contributed by atoms with Crippen LogP contribution in [0, 0.1) is 0 Å². The zero-order valence-electron chi connectivity index (χ0n) is 17.3. The third-order valence-electron chi connectivity index (χ3n) is 4.53. The average Bonchev–Trinajstić information content (AvgIpc) is 2.77. The lowest BCUT2D eigenvalue weighted by atomic mass is 10.0. The molecule has 3 aromatic carbocycles. The Labute approximate surface area is 211 Å². The molecule has 0 unspecified atom stereocenters. The number of benzene rings is 3. The van der Waals surface area contributed by atoms with Gasteiger partial charge in [-0.15, -0.1) is 0 Å². The molecule has 9 heteroatoms. The predicted molar refractivity (Wildman–Crippen MR) is 131 cm³/mol. The number of halogens is 4. The Balaban J connectivity index is 1.75. The number of ether oxygens (including phenoxy) is 3. The summed E-state index contributed by atoms with van der Waals surface area (Å²) in [6.45, 7) is 0.227. The molecule has 3 rings (SSSR count). The molecule has 0 aromatic heterocycles. The Morgan fingerprint density at radius 2 is 1.55 bits per heavy atom. The van der Waals surface area contributed by atoms with Crippen molar-refractivity contribution in [3.8, 4) is 11.5 Å². The van der Waals surface area contributed by atoms with E-state index in [4.69, 9.17) is 60.6 Å². The van der Waals surface area contributed by atoms with Crippen LogP contribution in [0.3, 0.4) is 0 Å². The van der Waals surface area contributed by atoms with Gasteiger partial charge >= 0.3 is 5.97 Å². The van der Waals surface area contributed by atoms with Crippen LogP contribution in [0.2, 0.25) is 20.1 Å². The molecule has 0 saturated heterocycles. The van der Waals surface area contributed by atoms with Gasteiger partial charge in [-0.25, -0.2) is 4.79 Å². The van der Waals surface area contributed by atoms with E-state index in [1.54, 1.807) is 54.6 Å². The summed E-state index contributed by atoms with van der Waals surface area (Å²) < 4.78 is 16.5. The quantitative estimate of drug-likeness (QED) is 0.230. The third-order valence-corrected chi connectivity index (χ3v) is 5.68. The van der Waals surface area contributed by atoms with Gasteiger partial charge < -0.3 is 19.3 Å². The number of hydrogen-bond acceptors (Lipinski definition) is 4. The molecule has 0 spiro atoms. The minimum absolute atomic E-state index is 0.0115. The second kappa shape index (κ2) is 11.5. The van der Waals surface area contributed by atoms with Crippen molar-refractivity contribution >= 4 is 57.9 Å². The van der Waals surface area contributed by atoms with E-state index >= 15 is 0 Å². The number of aliphatic carboxylic acids is 1. The van der Waals surface area contributed by atoms with Crippen LogP contribution in [0.1, 0.15) is 16.7 Å². The van der Waals surface area contributed by atoms with Crippen LogP contribution in [0.4, 0.5) is 0 Å². The Morgan fingerprint density at radius 1 is 0.879 bits per heavy atom. The number of rotatable bonds is 9. The average molecular weight is 528 g/mol. The molecular weight excluding hydrogens is 510 g/mol. The highest BCUT2D eigenvalue weighted by Crippen LogP contribution is 2.38. The van der Waals surface area contributed by atoms with E-state index in [2.05, 4.69) is 0 Å². The topological polar surface area (TPSA) is 65.0 Å². The second-order valence-electron chi connectivity index (χ2n) is 6.76. The van der Waals surface area contributed by atoms with Crippen molar-refractivity contribution in [2.45, 2.75) is 13.2 Å². The minimum Gasteiger partial charge on any atom is -0.503 e. The predicted octanol–water partition coefficient (Wildman–Crippen LogP) is 7.53. The van der Waals surface area contributed by atoms with Crippen molar-refractivity contribution in [2.75, 3.05) is 7.11 Å². The highest BCUT2D eigenvalue weighted by atomic mass is 35.5. The summed E-state index contributed by atoms with van der Waals surface area (Å²) in [5.41, 5.74) is 1.86. The third kappa shape index (κ3) is 6.49. The summed E-state index contributed by atoms with van der Waals surface area (Å²) in [5.74, 6) is -0.435. The maximum atomic E-state index is 11.6. The smallest absolute Gasteiger partial charge is 0.339 e. The molecule has 33 heavy (non-hydrogen) atoms. The lowest BCUT2D eigenvalue weighted by Gasteiger charge is -2.15. The van der Waals surface area contributed by atoms with Crippen molar-refractivity contribution in [1.82, 2.24) is 0 Å². The molecule has 3 aromatic rings. The van der Waals surface area contributed by atoms with Gasteiger partial charge in [0, 0.05) is 27.7 Å². The molecule has 0 saturated carbocycles. The molecule has 0 radical (unpaired) electrons. The molecule has 0 aliphatic heterocycles. The molecule has 1 N–H and O–H groups in total. The van der Waals surface area contributed by atoms with Crippen LogP contribution >= 0.6 is 46.4 Å². The first kappa shape index (κ1) is 25.1. The fourth-order valence-electron chi connectivity index (χ4n) is 2.96. The SMILES string of the molecule is COC=C(C(=O)O)c1ccccc1COc1cc(Cl)c(OCc2ccc(Cl)cc2Cl)c(Cl)c1. The van der Waals surface area contributed by atoms with Crippen LogP contribution in [0.25, 0.3) is 5.57 Å². The molecule has 0 heterocycles. The molecule has 0 aliphatic carbocycles. The van der Waals surface area contributed by atoms with Gasteiger partial charge in [-0.3, -0.25) is 0 Å². The number of carboxylic acids is 1. The van der Waals surface area contributed by atoms with Crippen LogP contribution in [-0.4, -0.2) is 18.2 Å². The molecule has 0 aliphatic rings. The van der Waals surface area contributed by atoms with Crippen LogP contribution in [-0.2, 0) is 22.7 Å². The van der Waals surface area contributed by atoms with Crippen LogP contribution in [0.5, 0.6) is 11.5 Å². The van der Waals surface area contributed by atoms with Gasteiger partial charge in [0.25, 0.3) is 0 Å². The summed E-state index contributed by atoms with van der Waals surface area (Å²) in [5, 5.41) is 11.0. The largest absolute Gasteiger partial charge is 0.503 e. The summed E-state index contributed by atoms with van der Waals surface area (Å²) in [6.07, 6.45) is 1.17. The standard InChI is InChI=1S/C24H18Cl4O5/c1-31-13-19(24(29)30)18-5-3-2-4-14(18)11-32-17-9-21(27)23(22(28)10-17)33-12-15-6-7-16(25)8-20(15)26/h2-10,13H,11-12H2,1H3,(H,29,30). The van der Waals surface area contributed by atoms with E-state index in [0.29, 0.717) is 26.9 Å². The molecule has 0 fully saturated rings. The van der Waals surface area contributed by atoms with Crippen LogP contribution in [0.15, 0.2) is 60.9 Å². The molecule has 172 valence electrons. The highest BCUT2D eigenvalue weighted by molar-refractivity contribution is 6.37. The zero-order valence-corrected chi connectivity index (χ0v) is 20.3. The molecule has 0 bridgehead atoms. The van der Waals surface area contributed by atoms with E-state index in [9.17, 15) is 9.90 Å². The van der Waals surface area contributed by atoms with E-state index in [-0.39, 0.29) is 34.6 Å². The first-order valence-corrected chi connectivity index (χ1v) is 11.0.